The number of anilines is 1. The van der Waals surface area contributed by atoms with Crippen LogP contribution < -0.4 is 94.4 Å². The van der Waals surface area contributed by atoms with Gasteiger partial charge in [-0.25, -0.2) is 0 Å². The molecule has 0 heterocycles. The summed E-state index contributed by atoms with van der Waals surface area (Å²) in [6.45, 7) is 0. The molecule has 0 radical (unpaired) electrons. The van der Waals surface area contributed by atoms with Crippen molar-refractivity contribution in [3.63, 3.8) is 0 Å². The number of rotatable bonds is 3. The van der Waals surface area contributed by atoms with Crippen LogP contribution in [0, 0.1) is 0 Å². The van der Waals surface area contributed by atoms with Gasteiger partial charge < -0.3 is 10.0 Å². The van der Waals surface area contributed by atoms with Gasteiger partial charge in [-0.3, -0.25) is 13.7 Å². The number of benzene rings is 4. The zero-order valence-corrected chi connectivity index (χ0v) is 25.5. The van der Waals surface area contributed by atoms with E-state index in [0.717, 1.165) is 12.1 Å². The molecule has 32 heavy (non-hydrogen) atoms. The quantitative estimate of drug-likeness (QED) is 0.0859. The minimum atomic E-state index is -4.93. The van der Waals surface area contributed by atoms with E-state index in [1.54, 1.807) is 0 Å². The molecule has 0 aromatic heterocycles. The predicted molar refractivity (Wildman–Crippen MR) is 107 cm³/mol. The van der Waals surface area contributed by atoms with E-state index >= 15 is 0 Å². The minimum absolute atomic E-state index is 0. The number of hydrogen-bond acceptors (Lipinski definition) is 7. The van der Waals surface area contributed by atoms with Crippen LogP contribution in [-0.4, -0.2) is 38.9 Å². The van der Waals surface area contributed by atoms with E-state index in [1.807, 2.05) is 0 Å². The molecular weight excluding hydrogens is 515 g/mol. The van der Waals surface area contributed by atoms with Crippen LogP contribution in [0.3, 0.4) is 0 Å². The minimum Gasteiger partial charge on any atom is -1.00 e. The van der Waals surface area contributed by atoms with Crippen molar-refractivity contribution in [1.82, 2.24) is 0 Å². The SMILES string of the molecule is Nc1cc(S(=O)(=O)O)c2ccc3c(S(=O)(=O)O)cc(S(=O)(=O)O)c4ccc1c2c43.[H-].[H-].[H-].[Na+].[Na+].[Na+]. The average Bonchev–Trinajstić information content (AvgIpc) is 2.57. The second-order valence-electron chi connectivity index (χ2n) is 6.33. The van der Waals surface area contributed by atoms with Gasteiger partial charge in [-0.15, -0.1) is 0 Å². The van der Waals surface area contributed by atoms with Crippen molar-refractivity contribution in [3.8, 4) is 0 Å². The third-order valence-electron chi connectivity index (χ3n) is 4.65. The molecule has 0 saturated heterocycles. The smallest absolute Gasteiger partial charge is 1.00 e. The van der Waals surface area contributed by atoms with Crippen LogP contribution >= 0.6 is 0 Å². The molecule has 0 aliphatic carbocycles. The molecule has 0 amide bonds. The van der Waals surface area contributed by atoms with Gasteiger partial charge in [-0.2, -0.15) is 25.3 Å². The van der Waals surface area contributed by atoms with Crippen LogP contribution in [0.1, 0.15) is 4.28 Å². The summed E-state index contributed by atoms with van der Waals surface area (Å²) < 4.78 is 99.8. The van der Waals surface area contributed by atoms with Crippen molar-refractivity contribution in [1.29, 1.82) is 0 Å². The molecule has 5 N–H and O–H groups in total. The Morgan fingerprint density at radius 1 is 0.562 bits per heavy atom. The van der Waals surface area contributed by atoms with Gasteiger partial charge in [0.25, 0.3) is 30.4 Å². The van der Waals surface area contributed by atoms with Crippen LogP contribution in [0.2, 0.25) is 0 Å². The average molecular weight is 529 g/mol. The van der Waals surface area contributed by atoms with Gasteiger partial charge in [0, 0.05) is 38.0 Å². The van der Waals surface area contributed by atoms with E-state index in [4.69, 9.17) is 5.73 Å². The molecule has 0 atom stereocenters. The van der Waals surface area contributed by atoms with E-state index in [9.17, 15) is 38.9 Å². The Hall–Kier alpha value is 0.450. The Labute approximate surface area is 253 Å². The molecule has 0 bridgehead atoms. The number of nitrogens with two attached hydrogens (primary N) is 1. The fourth-order valence-electron chi connectivity index (χ4n) is 3.56. The first kappa shape index (κ1) is 30.5. The standard InChI is InChI=1S/C16H11NO9S3.3Na.3H/c17-11-5-12(27(18,19)20)8-3-4-10-14(29(24,25)26)6-13(28(21,22)23)9-2-1-7(11)15(8)16(9)10;;;;;;/h1-6H,17H2,(H,18,19,20)(H,21,22,23)(H,24,25,26);;;;;;/q;3*+1;3*-1. The molecule has 16 heteroatoms. The molecule has 4 aromatic rings. The fourth-order valence-corrected chi connectivity index (χ4v) is 5.79. The van der Waals surface area contributed by atoms with Crippen molar-refractivity contribution in [2.24, 2.45) is 0 Å². The summed E-state index contributed by atoms with van der Waals surface area (Å²) >= 11 is 0. The summed E-state index contributed by atoms with van der Waals surface area (Å²) in [4.78, 5) is -2.17. The van der Waals surface area contributed by atoms with E-state index in [2.05, 4.69) is 0 Å². The molecular formula is C16H14NNa3O9S3. The Morgan fingerprint density at radius 2 is 0.844 bits per heavy atom. The second-order valence-corrected chi connectivity index (χ2v) is 10.5. The molecule has 0 spiro atoms. The topological polar surface area (TPSA) is 189 Å². The Balaban J connectivity index is -0.00000171. The third kappa shape index (κ3) is 5.03. The monoisotopic (exact) mass is 529 g/mol. The van der Waals surface area contributed by atoms with Gasteiger partial charge in [0.15, 0.2) is 0 Å². The molecule has 0 aliphatic heterocycles. The normalized spacial score (nSPS) is 12.3. The van der Waals surface area contributed by atoms with Gasteiger partial charge in [0.1, 0.15) is 14.7 Å². The van der Waals surface area contributed by atoms with Gasteiger partial charge in [-0.1, -0.05) is 24.3 Å². The summed E-state index contributed by atoms with van der Waals surface area (Å²) in [5.74, 6) is 0. The van der Waals surface area contributed by atoms with Gasteiger partial charge in [-0.05, 0) is 12.1 Å². The van der Waals surface area contributed by atoms with Gasteiger partial charge in [0.05, 0.1) is 0 Å². The molecule has 10 nitrogen and oxygen atoms in total. The zero-order valence-electron chi connectivity index (χ0n) is 20.1. The Kier molecular flexibility index (Phi) is 9.37. The maximum Gasteiger partial charge on any atom is 1.00 e. The van der Waals surface area contributed by atoms with Crippen molar-refractivity contribution in [2.75, 3.05) is 5.73 Å². The van der Waals surface area contributed by atoms with Crippen LogP contribution in [0.25, 0.3) is 32.3 Å². The second kappa shape index (κ2) is 9.84. The third-order valence-corrected chi connectivity index (χ3v) is 7.33. The molecule has 4 rings (SSSR count). The molecule has 0 saturated carbocycles. The summed E-state index contributed by atoms with van der Waals surface area (Å²) in [7, 11) is -14.6. The van der Waals surface area contributed by atoms with Gasteiger partial charge in [0.2, 0.25) is 0 Å². The summed E-state index contributed by atoms with van der Waals surface area (Å²) in [6.07, 6.45) is 0. The fraction of sp³-hybridized carbons (Fsp3) is 0. The predicted octanol–water partition coefficient (Wildman–Crippen LogP) is -6.74. The molecule has 4 aromatic carbocycles. The van der Waals surface area contributed by atoms with Crippen LogP contribution in [-0.2, 0) is 30.4 Å². The first-order chi connectivity index (χ1) is 13.2. The van der Waals surface area contributed by atoms with E-state index in [0.29, 0.717) is 6.07 Å². The van der Waals surface area contributed by atoms with Crippen LogP contribution in [0.4, 0.5) is 5.69 Å². The van der Waals surface area contributed by atoms with Crippen molar-refractivity contribution in [3.05, 3.63) is 36.4 Å². The largest absolute Gasteiger partial charge is 1.00 e. The van der Waals surface area contributed by atoms with E-state index in [1.165, 1.54) is 18.2 Å². The molecule has 0 fully saturated rings. The van der Waals surface area contributed by atoms with Crippen molar-refractivity contribution in [2.45, 2.75) is 14.7 Å². The maximum absolute atomic E-state index is 11.9. The molecule has 158 valence electrons. The Bertz CT molecular complexity index is 1650. The number of hydrogen-bond donors (Lipinski definition) is 4. The van der Waals surface area contributed by atoms with Crippen LogP contribution in [0.15, 0.2) is 51.1 Å². The first-order valence-corrected chi connectivity index (χ1v) is 12.0. The van der Waals surface area contributed by atoms with Crippen molar-refractivity contribution < 1.29 is 132 Å². The van der Waals surface area contributed by atoms with E-state index in [-0.39, 0.29) is 131 Å². The molecule has 0 unspecified atom stereocenters. The van der Waals surface area contributed by atoms with Gasteiger partial charge >= 0.3 is 88.7 Å². The maximum atomic E-state index is 11.9. The van der Waals surface area contributed by atoms with Crippen LogP contribution in [0.5, 0.6) is 0 Å². The summed E-state index contributed by atoms with van der Waals surface area (Å²) in [5, 5.41) is -0.0781. The number of nitrogen functional groups attached to an aromatic ring is 1. The zero-order chi connectivity index (χ0) is 21.5. The van der Waals surface area contributed by atoms with E-state index < -0.39 is 45.0 Å². The Morgan fingerprint density at radius 3 is 1.19 bits per heavy atom. The van der Waals surface area contributed by atoms with Crippen molar-refractivity contribution >= 4 is 68.4 Å². The summed E-state index contributed by atoms with van der Waals surface area (Å²) in [5.41, 5.74) is 5.82. The molecule has 0 aliphatic rings. The first-order valence-electron chi connectivity index (χ1n) is 7.67. The summed E-state index contributed by atoms with van der Waals surface area (Å²) in [6, 6.07) is 6.63.